The van der Waals surface area contributed by atoms with E-state index in [0.29, 0.717) is 24.6 Å². The quantitative estimate of drug-likeness (QED) is 0.110. The van der Waals surface area contributed by atoms with Crippen molar-refractivity contribution >= 4 is 58.2 Å². The molecule has 2 saturated carbocycles. The number of hydrogen-bond donors (Lipinski definition) is 4. The van der Waals surface area contributed by atoms with Gasteiger partial charge in [0.2, 0.25) is 11.9 Å². The van der Waals surface area contributed by atoms with E-state index in [1.165, 1.54) is 57.4 Å². The molecular formula is C31H49IN8O2. The highest BCUT2D eigenvalue weighted by molar-refractivity contribution is 14.1. The summed E-state index contributed by atoms with van der Waals surface area (Å²) >= 11 is 2.33. The lowest BCUT2D eigenvalue weighted by Crippen LogP contribution is -2.24. The third-order valence-corrected chi connectivity index (χ3v) is 8.68. The summed E-state index contributed by atoms with van der Waals surface area (Å²) < 4.78 is 6.10. The van der Waals surface area contributed by atoms with Crippen LogP contribution in [0.2, 0.25) is 0 Å². The van der Waals surface area contributed by atoms with Gasteiger partial charge in [0.05, 0.1) is 21.6 Å². The summed E-state index contributed by atoms with van der Waals surface area (Å²) in [5, 5.41) is 13.5. The Morgan fingerprint density at radius 1 is 0.786 bits per heavy atom. The minimum atomic E-state index is -0.351. The molecule has 2 aromatic heterocycles. The summed E-state index contributed by atoms with van der Waals surface area (Å²) in [5.74, 6) is 2.77. The van der Waals surface area contributed by atoms with E-state index in [4.69, 9.17) is 4.74 Å². The molecule has 0 spiro atoms. The third kappa shape index (κ3) is 10.9. The SMILES string of the molecule is CCNc1nc(C)c(/C=C\C(=O)OCC)c(NC2CCCCC2)n1.CCNc1nc(C)c(I)c(NC2CCCCC2)n1. The van der Waals surface area contributed by atoms with Gasteiger partial charge >= 0.3 is 5.97 Å². The topological polar surface area (TPSA) is 126 Å². The summed E-state index contributed by atoms with van der Waals surface area (Å²) in [6, 6.07) is 1.01. The molecule has 2 fully saturated rings. The summed E-state index contributed by atoms with van der Waals surface area (Å²) in [6.07, 6.45) is 15.8. The van der Waals surface area contributed by atoms with Gasteiger partial charge in [-0.15, -0.1) is 0 Å². The number of rotatable bonds is 11. The molecule has 0 unspecified atom stereocenters. The Morgan fingerprint density at radius 2 is 1.29 bits per heavy atom. The maximum absolute atomic E-state index is 11.6. The lowest BCUT2D eigenvalue weighted by atomic mass is 9.95. The Balaban J connectivity index is 0.000000240. The number of hydrogen-bond acceptors (Lipinski definition) is 10. The number of aromatic nitrogens is 4. The second kappa shape index (κ2) is 18.1. The molecular weight excluding hydrogens is 643 g/mol. The van der Waals surface area contributed by atoms with Crippen LogP contribution >= 0.6 is 22.6 Å². The number of nitrogens with one attached hydrogen (secondary N) is 4. The summed E-state index contributed by atoms with van der Waals surface area (Å²) in [4.78, 5) is 29.7. The first-order valence-electron chi connectivity index (χ1n) is 15.6. The first-order chi connectivity index (χ1) is 20.3. The fourth-order valence-corrected chi connectivity index (χ4v) is 5.64. The zero-order chi connectivity index (χ0) is 30.3. The lowest BCUT2D eigenvalue weighted by molar-refractivity contribution is -0.137. The second-order valence-corrected chi connectivity index (χ2v) is 11.9. The number of esters is 1. The summed E-state index contributed by atoms with van der Waals surface area (Å²) in [7, 11) is 0. The van der Waals surface area contributed by atoms with Gasteiger partial charge < -0.3 is 26.0 Å². The first-order valence-corrected chi connectivity index (χ1v) is 16.7. The van der Waals surface area contributed by atoms with Gasteiger partial charge in [-0.25, -0.2) is 14.8 Å². The van der Waals surface area contributed by atoms with Gasteiger partial charge in [-0.2, -0.15) is 9.97 Å². The van der Waals surface area contributed by atoms with Crippen LogP contribution in [0.4, 0.5) is 23.5 Å². The molecule has 4 rings (SSSR count). The van der Waals surface area contributed by atoms with Crippen LogP contribution in [0.3, 0.4) is 0 Å². The van der Waals surface area contributed by atoms with Crippen molar-refractivity contribution in [3.8, 4) is 0 Å². The van der Waals surface area contributed by atoms with Crippen LogP contribution in [0.15, 0.2) is 6.08 Å². The Morgan fingerprint density at radius 3 is 1.81 bits per heavy atom. The number of aryl methyl sites for hydroxylation is 2. The Labute approximate surface area is 265 Å². The standard InChI is InChI=1S/C18H28N4O2.C13H21IN4/c1-4-19-18-20-13(3)15(11-12-16(23)24-5-2)17(22-18)21-14-9-7-6-8-10-14;1-3-15-13-16-9(2)11(14)12(18-13)17-10-7-5-4-6-8-10/h11-12,14H,4-10H2,1-3H3,(H2,19,20,21,22);10H,3-8H2,1-2H3,(H2,15,16,17,18)/b12-11-;. The maximum Gasteiger partial charge on any atom is 0.330 e. The molecule has 0 aromatic carbocycles. The van der Waals surface area contributed by atoms with Crippen LogP contribution in [0.1, 0.15) is 102 Å². The van der Waals surface area contributed by atoms with Gasteiger partial charge in [-0.05, 0) is 89.0 Å². The molecule has 232 valence electrons. The van der Waals surface area contributed by atoms with Crippen LogP contribution in [-0.2, 0) is 9.53 Å². The highest BCUT2D eigenvalue weighted by atomic mass is 127. The maximum atomic E-state index is 11.6. The molecule has 10 nitrogen and oxygen atoms in total. The lowest BCUT2D eigenvalue weighted by Gasteiger charge is -2.24. The smallest absolute Gasteiger partial charge is 0.330 e. The van der Waals surface area contributed by atoms with Crippen LogP contribution in [0.5, 0.6) is 0 Å². The third-order valence-electron chi connectivity index (χ3n) is 7.39. The van der Waals surface area contributed by atoms with Crippen molar-refractivity contribution in [3.63, 3.8) is 0 Å². The van der Waals surface area contributed by atoms with Gasteiger partial charge in [0, 0.05) is 36.8 Å². The van der Waals surface area contributed by atoms with Crippen LogP contribution in [-0.4, -0.2) is 57.7 Å². The van der Waals surface area contributed by atoms with Gasteiger partial charge in [0.25, 0.3) is 0 Å². The zero-order valence-electron chi connectivity index (χ0n) is 26.0. The van der Waals surface area contributed by atoms with Crippen molar-refractivity contribution in [2.24, 2.45) is 0 Å². The fourth-order valence-electron chi connectivity index (χ4n) is 5.24. The molecule has 0 bridgehead atoms. The number of anilines is 4. The monoisotopic (exact) mass is 692 g/mol. The highest BCUT2D eigenvalue weighted by Crippen LogP contribution is 2.27. The van der Waals surface area contributed by atoms with Crippen molar-refractivity contribution < 1.29 is 9.53 Å². The molecule has 0 aliphatic heterocycles. The van der Waals surface area contributed by atoms with E-state index in [1.807, 2.05) is 20.8 Å². The van der Waals surface area contributed by atoms with Crippen molar-refractivity contribution in [1.29, 1.82) is 0 Å². The van der Waals surface area contributed by atoms with E-state index < -0.39 is 0 Å². The average Bonchev–Trinajstić information content (AvgIpc) is 2.97. The number of ether oxygens (including phenoxy) is 1. The number of carbonyl (C=O) groups is 1. The largest absolute Gasteiger partial charge is 0.463 e. The molecule has 0 saturated heterocycles. The van der Waals surface area contributed by atoms with Crippen LogP contribution < -0.4 is 21.3 Å². The minimum Gasteiger partial charge on any atom is -0.463 e. The van der Waals surface area contributed by atoms with E-state index >= 15 is 0 Å². The summed E-state index contributed by atoms with van der Waals surface area (Å²) in [5.41, 5.74) is 2.72. The van der Waals surface area contributed by atoms with Gasteiger partial charge in [0.1, 0.15) is 11.6 Å². The van der Waals surface area contributed by atoms with Gasteiger partial charge in [-0.1, -0.05) is 38.5 Å². The molecule has 4 N–H and O–H groups in total. The molecule has 0 radical (unpaired) electrons. The molecule has 2 aromatic rings. The van der Waals surface area contributed by atoms with Crippen molar-refractivity contribution in [1.82, 2.24) is 19.9 Å². The predicted molar refractivity (Wildman–Crippen MR) is 181 cm³/mol. The van der Waals surface area contributed by atoms with Gasteiger partial charge in [0.15, 0.2) is 0 Å². The van der Waals surface area contributed by atoms with Crippen LogP contribution in [0, 0.1) is 17.4 Å². The van der Waals surface area contributed by atoms with Crippen molar-refractivity contribution in [2.75, 3.05) is 41.0 Å². The Kier molecular flexibility index (Phi) is 14.5. The summed E-state index contributed by atoms with van der Waals surface area (Å²) in [6.45, 7) is 11.8. The zero-order valence-corrected chi connectivity index (χ0v) is 28.1. The van der Waals surface area contributed by atoms with Gasteiger partial charge in [-0.3, -0.25) is 0 Å². The van der Waals surface area contributed by atoms with Crippen molar-refractivity contribution in [2.45, 2.75) is 111 Å². The Hall–Kier alpha value is -2.70. The highest BCUT2D eigenvalue weighted by Gasteiger charge is 2.18. The van der Waals surface area contributed by atoms with E-state index in [9.17, 15) is 4.79 Å². The fraction of sp³-hybridized carbons (Fsp3) is 0.645. The molecule has 0 amide bonds. The molecule has 11 heteroatoms. The van der Waals surface area contributed by atoms with Crippen molar-refractivity contribution in [3.05, 3.63) is 26.6 Å². The second-order valence-electron chi connectivity index (χ2n) is 10.8. The predicted octanol–water partition coefficient (Wildman–Crippen LogP) is 7.10. The first kappa shape index (κ1) is 33.8. The van der Waals surface area contributed by atoms with E-state index in [-0.39, 0.29) is 5.97 Å². The minimum absolute atomic E-state index is 0.351. The molecule has 2 aliphatic carbocycles. The number of carbonyl (C=O) groups excluding carboxylic acids is 1. The van der Waals surface area contributed by atoms with Crippen LogP contribution in [0.25, 0.3) is 6.08 Å². The number of nitrogens with zero attached hydrogens (tertiary/aromatic N) is 4. The molecule has 42 heavy (non-hydrogen) atoms. The van der Waals surface area contributed by atoms with E-state index in [0.717, 1.165) is 64.0 Å². The average molecular weight is 693 g/mol. The molecule has 2 aliphatic rings. The normalized spacial score (nSPS) is 16.0. The van der Waals surface area contributed by atoms with E-state index in [2.05, 4.69) is 70.7 Å². The Bertz CT molecular complexity index is 1160. The number of halogens is 1. The molecule has 0 atom stereocenters. The van der Waals surface area contributed by atoms with E-state index in [1.54, 1.807) is 13.0 Å². The molecule has 2 heterocycles.